The zero-order valence-corrected chi connectivity index (χ0v) is 9.83. The van der Waals surface area contributed by atoms with Gasteiger partial charge in [-0.05, 0) is 5.56 Å². The number of alkyl halides is 2. The second-order valence-electron chi connectivity index (χ2n) is 3.81. The molecule has 0 saturated carbocycles. The van der Waals surface area contributed by atoms with E-state index in [1.54, 1.807) is 24.3 Å². The number of amides is 1. The van der Waals surface area contributed by atoms with Crippen LogP contribution in [0.5, 0.6) is 0 Å². The average Bonchev–Trinajstić information content (AvgIpc) is 2.91. The number of tetrazole rings is 1. The molecule has 0 aliphatic carbocycles. The first-order chi connectivity index (χ1) is 9.16. The van der Waals surface area contributed by atoms with Gasteiger partial charge < -0.3 is 4.90 Å². The highest BCUT2D eigenvalue weighted by Crippen LogP contribution is 2.10. The molecular formula is C11H11F2N5O. The number of H-pyrrole nitrogens is 1. The number of rotatable bonds is 5. The van der Waals surface area contributed by atoms with Gasteiger partial charge in [0.1, 0.15) is 0 Å². The Morgan fingerprint density at radius 3 is 2.58 bits per heavy atom. The summed E-state index contributed by atoms with van der Waals surface area (Å²) in [6, 6.07) is 8.86. The summed E-state index contributed by atoms with van der Waals surface area (Å²) in [5.74, 6) is -1.07. The molecule has 1 N–H and O–H groups in total. The maximum Gasteiger partial charge on any atom is 0.315 e. The van der Waals surface area contributed by atoms with Gasteiger partial charge >= 0.3 is 6.43 Å². The van der Waals surface area contributed by atoms with Crippen LogP contribution in [0.15, 0.2) is 30.3 Å². The SMILES string of the molecule is O=C(C(F)F)N(Cc1ccccc1)Cc1nn[nH]n1. The van der Waals surface area contributed by atoms with E-state index in [0.717, 1.165) is 10.5 Å². The van der Waals surface area contributed by atoms with Crippen LogP contribution in [0.2, 0.25) is 0 Å². The van der Waals surface area contributed by atoms with Crippen molar-refractivity contribution in [2.45, 2.75) is 19.5 Å². The van der Waals surface area contributed by atoms with Crippen LogP contribution >= 0.6 is 0 Å². The predicted octanol–water partition coefficient (Wildman–Crippen LogP) is 0.994. The van der Waals surface area contributed by atoms with Crippen molar-refractivity contribution in [2.75, 3.05) is 0 Å². The minimum absolute atomic E-state index is 0.0680. The van der Waals surface area contributed by atoms with E-state index in [1.165, 1.54) is 0 Å². The first-order valence-corrected chi connectivity index (χ1v) is 5.50. The molecule has 0 radical (unpaired) electrons. The monoisotopic (exact) mass is 267 g/mol. The molecule has 8 heteroatoms. The van der Waals surface area contributed by atoms with Crippen LogP contribution in [0.25, 0.3) is 0 Å². The number of benzene rings is 1. The van der Waals surface area contributed by atoms with Crippen molar-refractivity contribution >= 4 is 5.91 Å². The molecule has 2 aromatic rings. The minimum atomic E-state index is -3.06. The number of nitrogens with zero attached hydrogens (tertiary/aromatic N) is 4. The molecule has 0 saturated heterocycles. The van der Waals surface area contributed by atoms with Crippen LogP contribution in [-0.4, -0.2) is 37.9 Å². The smallest absolute Gasteiger partial charge is 0.315 e. The Kier molecular flexibility index (Phi) is 4.11. The summed E-state index contributed by atoms with van der Waals surface area (Å²) in [6.07, 6.45) is -3.06. The van der Waals surface area contributed by atoms with E-state index in [4.69, 9.17) is 0 Å². The zero-order chi connectivity index (χ0) is 13.7. The number of halogens is 2. The van der Waals surface area contributed by atoms with E-state index in [-0.39, 0.29) is 18.9 Å². The minimum Gasteiger partial charge on any atom is -0.326 e. The lowest BCUT2D eigenvalue weighted by Gasteiger charge is -2.20. The highest BCUT2D eigenvalue weighted by Gasteiger charge is 2.24. The molecule has 1 heterocycles. The molecule has 19 heavy (non-hydrogen) atoms. The van der Waals surface area contributed by atoms with Gasteiger partial charge in [0.15, 0.2) is 5.82 Å². The van der Waals surface area contributed by atoms with Crippen molar-refractivity contribution in [1.29, 1.82) is 0 Å². The lowest BCUT2D eigenvalue weighted by molar-refractivity contribution is -0.144. The number of nitrogens with one attached hydrogen (secondary N) is 1. The van der Waals surface area contributed by atoms with Gasteiger partial charge in [-0.1, -0.05) is 35.5 Å². The van der Waals surface area contributed by atoms with Crippen molar-refractivity contribution in [3.8, 4) is 0 Å². The van der Waals surface area contributed by atoms with Crippen LogP contribution < -0.4 is 0 Å². The number of aromatic amines is 1. The predicted molar refractivity (Wildman–Crippen MR) is 60.9 cm³/mol. The first kappa shape index (κ1) is 13.1. The Morgan fingerprint density at radius 2 is 2.00 bits per heavy atom. The average molecular weight is 267 g/mol. The van der Waals surface area contributed by atoms with Crippen molar-refractivity contribution in [3.05, 3.63) is 41.7 Å². The third-order valence-corrected chi connectivity index (χ3v) is 2.44. The molecule has 1 aromatic heterocycles. The fraction of sp³-hybridized carbons (Fsp3) is 0.273. The zero-order valence-electron chi connectivity index (χ0n) is 9.83. The van der Waals surface area contributed by atoms with Gasteiger partial charge in [0, 0.05) is 6.54 Å². The highest BCUT2D eigenvalue weighted by atomic mass is 19.3. The summed E-state index contributed by atoms with van der Waals surface area (Å²) in [4.78, 5) is 12.5. The molecule has 6 nitrogen and oxygen atoms in total. The molecule has 1 amide bonds. The summed E-state index contributed by atoms with van der Waals surface area (Å²) in [5, 5.41) is 12.8. The molecule has 0 fully saturated rings. The normalized spacial score (nSPS) is 10.7. The van der Waals surface area contributed by atoms with Crippen molar-refractivity contribution in [2.24, 2.45) is 0 Å². The fourth-order valence-electron chi connectivity index (χ4n) is 1.57. The summed E-state index contributed by atoms with van der Waals surface area (Å²) >= 11 is 0. The van der Waals surface area contributed by atoms with E-state index >= 15 is 0 Å². The van der Waals surface area contributed by atoms with E-state index in [1.807, 2.05) is 6.07 Å². The summed E-state index contributed by atoms with van der Waals surface area (Å²) in [6.45, 7) is -0.0485. The van der Waals surface area contributed by atoms with E-state index in [0.29, 0.717) is 0 Å². The summed E-state index contributed by atoms with van der Waals surface area (Å²) < 4.78 is 25.1. The van der Waals surface area contributed by atoms with Crippen LogP contribution in [-0.2, 0) is 17.9 Å². The van der Waals surface area contributed by atoms with Crippen LogP contribution in [0.1, 0.15) is 11.4 Å². The molecule has 100 valence electrons. The number of carbonyl (C=O) groups excluding carboxylic acids is 1. The van der Waals surface area contributed by atoms with Crippen LogP contribution in [0.3, 0.4) is 0 Å². The third-order valence-electron chi connectivity index (χ3n) is 2.44. The maximum absolute atomic E-state index is 12.6. The van der Waals surface area contributed by atoms with Crippen molar-refractivity contribution in [3.63, 3.8) is 0 Å². The third kappa shape index (κ3) is 3.54. The van der Waals surface area contributed by atoms with Gasteiger partial charge in [0.05, 0.1) is 6.54 Å². The second-order valence-corrected chi connectivity index (χ2v) is 3.81. The molecule has 0 aliphatic rings. The Balaban J connectivity index is 2.12. The number of hydrogen-bond donors (Lipinski definition) is 1. The number of aromatic nitrogens is 4. The van der Waals surface area contributed by atoms with Gasteiger partial charge in [0.25, 0.3) is 5.91 Å². The van der Waals surface area contributed by atoms with Gasteiger partial charge in [-0.25, -0.2) is 0 Å². The van der Waals surface area contributed by atoms with E-state index in [9.17, 15) is 13.6 Å². The molecular weight excluding hydrogens is 256 g/mol. The molecule has 0 atom stereocenters. The van der Waals surface area contributed by atoms with Crippen molar-refractivity contribution in [1.82, 2.24) is 25.5 Å². The van der Waals surface area contributed by atoms with E-state index < -0.39 is 12.3 Å². The standard InChI is InChI=1S/C11H11F2N5O/c12-10(13)11(19)18(7-9-14-16-17-15-9)6-8-4-2-1-3-5-8/h1-5,10H,6-7H2,(H,14,15,16,17). The summed E-state index contributed by atoms with van der Waals surface area (Å²) in [7, 11) is 0. The van der Waals surface area contributed by atoms with Crippen LogP contribution in [0.4, 0.5) is 8.78 Å². The Morgan fingerprint density at radius 1 is 1.26 bits per heavy atom. The Bertz CT molecular complexity index is 517. The van der Waals surface area contributed by atoms with Crippen LogP contribution in [0, 0.1) is 0 Å². The molecule has 0 unspecified atom stereocenters. The number of carbonyl (C=O) groups is 1. The molecule has 0 spiro atoms. The van der Waals surface area contributed by atoms with E-state index in [2.05, 4.69) is 20.6 Å². The number of hydrogen-bond acceptors (Lipinski definition) is 4. The Hall–Kier alpha value is -2.38. The molecule has 0 bridgehead atoms. The van der Waals surface area contributed by atoms with Crippen molar-refractivity contribution < 1.29 is 13.6 Å². The fourth-order valence-corrected chi connectivity index (χ4v) is 1.57. The summed E-state index contributed by atoms with van der Waals surface area (Å²) in [5.41, 5.74) is 0.750. The molecule has 2 rings (SSSR count). The van der Waals surface area contributed by atoms with Gasteiger partial charge in [-0.15, -0.1) is 10.2 Å². The molecule has 0 aliphatic heterocycles. The van der Waals surface area contributed by atoms with Gasteiger partial charge in [-0.2, -0.15) is 14.0 Å². The second kappa shape index (κ2) is 5.98. The maximum atomic E-state index is 12.6. The largest absolute Gasteiger partial charge is 0.326 e. The van der Waals surface area contributed by atoms with Gasteiger partial charge in [-0.3, -0.25) is 4.79 Å². The highest BCUT2D eigenvalue weighted by molar-refractivity contribution is 5.79. The lowest BCUT2D eigenvalue weighted by atomic mass is 10.2. The quantitative estimate of drug-likeness (QED) is 0.876. The molecule has 1 aromatic carbocycles. The lowest BCUT2D eigenvalue weighted by Crippen LogP contribution is -2.35. The topological polar surface area (TPSA) is 74.8 Å². The Labute approximate surface area is 107 Å². The van der Waals surface area contributed by atoms with Gasteiger partial charge in [0.2, 0.25) is 0 Å². The first-order valence-electron chi connectivity index (χ1n) is 5.50.